The minimum Gasteiger partial charge on any atom is -0.497 e. The smallest absolute Gasteiger partial charge is 0.118 e. The summed E-state index contributed by atoms with van der Waals surface area (Å²) in [4.78, 5) is 0. The molecular weight excluding hydrogens is 224 g/mol. The first kappa shape index (κ1) is 15.0. The van der Waals surface area contributed by atoms with Crippen molar-refractivity contribution in [3.05, 3.63) is 29.8 Å². The Labute approximate surface area is 111 Å². The van der Waals surface area contributed by atoms with Crippen molar-refractivity contribution in [2.75, 3.05) is 7.11 Å². The molecule has 0 amide bonds. The predicted molar refractivity (Wildman–Crippen MR) is 75.9 cm³/mol. The highest BCUT2D eigenvalue weighted by molar-refractivity contribution is 5.30. The Balaban J connectivity index is 2.85. The fourth-order valence-corrected chi connectivity index (χ4v) is 2.25. The molecule has 0 radical (unpaired) electrons. The summed E-state index contributed by atoms with van der Waals surface area (Å²) in [7, 11) is 1.66. The summed E-state index contributed by atoms with van der Waals surface area (Å²) in [6.45, 7) is 4.32. The van der Waals surface area contributed by atoms with Crippen LogP contribution >= 0.6 is 0 Å². The van der Waals surface area contributed by atoms with Gasteiger partial charge >= 0.3 is 0 Å². The Bertz CT molecular complexity index is 321. The third-order valence-electron chi connectivity index (χ3n) is 3.52. The van der Waals surface area contributed by atoms with Crippen LogP contribution in [-0.4, -0.2) is 12.2 Å². The SMILES string of the molecule is CCCCC(O)(CCCC)c1ccc(OC)cc1. The molecule has 0 unspecified atom stereocenters. The van der Waals surface area contributed by atoms with Crippen LogP contribution in [0, 0.1) is 0 Å². The van der Waals surface area contributed by atoms with Crippen molar-refractivity contribution in [2.45, 2.75) is 58.0 Å². The summed E-state index contributed by atoms with van der Waals surface area (Å²) in [6.07, 6.45) is 6.04. The van der Waals surface area contributed by atoms with Crippen molar-refractivity contribution in [1.29, 1.82) is 0 Å². The zero-order chi connectivity index (χ0) is 13.4. The van der Waals surface area contributed by atoms with Gasteiger partial charge in [0.05, 0.1) is 12.7 Å². The molecule has 1 aromatic rings. The molecule has 18 heavy (non-hydrogen) atoms. The third kappa shape index (κ3) is 4.02. The van der Waals surface area contributed by atoms with Crippen molar-refractivity contribution < 1.29 is 9.84 Å². The average molecular weight is 250 g/mol. The van der Waals surface area contributed by atoms with Crippen molar-refractivity contribution in [3.8, 4) is 5.75 Å². The molecule has 0 saturated carbocycles. The molecular formula is C16H26O2. The first-order chi connectivity index (χ1) is 8.66. The van der Waals surface area contributed by atoms with Crippen LogP contribution in [0.3, 0.4) is 0 Å². The Hall–Kier alpha value is -1.02. The number of aliphatic hydroxyl groups is 1. The maximum Gasteiger partial charge on any atom is 0.118 e. The molecule has 0 aliphatic rings. The predicted octanol–water partition coefficient (Wildman–Crippen LogP) is 4.26. The fourth-order valence-electron chi connectivity index (χ4n) is 2.25. The number of hydrogen-bond acceptors (Lipinski definition) is 2. The molecule has 0 aromatic heterocycles. The van der Waals surface area contributed by atoms with E-state index in [1.165, 1.54) is 0 Å². The third-order valence-corrected chi connectivity index (χ3v) is 3.52. The molecule has 2 nitrogen and oxygen atoms in total. The maximum atomic E-state index is 10.9. The minimum atomic E-state index is -0.668. The summed E-state index contributed by atoms with van der Waals surface area (Å²) >= 11 is 0. The summed E-state index contributed by atoms with van der Waals surface area (Å²) < 4.78 is 5.16. The first-order valence-electron chi connectivity index (χ1n) is 7.03. The molecule has 0 atom stereocenters. The van der Waals surface area contributed by atoms with Gasteiger partial charge in [0.15, 0.2) is 0 Å². The van der Waals surface area contributed by atoms with Crippen molar-refractivity contribution in [3.63, 3.8) is 0 Å². The van der Waals surface area contributed by atoms with E-state index in [-0.39, 0.29) is 0 Å². The summed E-state index contributed by atoms with van der Waals surface area (Å²) in [5.74, 6) is 0.840. The van der Waals surface area contributed by atoms with Crippen LogP contribution in [0.5, 0.6) is 5.75 Å². The maximum absolute atomic E-state index is 10.9. The highest BCUT2D eigenvalue weighted by Gasteiger charge is 2.27. The van der Waals surface area contributed by atoms with Gasteiger partial charge in [-0.3, -0.25) is 0 Å². The lowest BCUT2D eigenvalue weighted by atomic mass is 9.84. The minimum absolute atomic E-state index is 0.668. The van der Waals surface area contributed by atoms with Gasteiger partial charge < -0.3 is 9.84 Å². The van der Waals surface area contributed by atoms with E-state index in [1.54, 1.807) is 7.11 Å². The first-order valence-corrected chi connectivity index (χ1v) is 7.03. The molecule has 0 bridgehead atoms. The quantitative estimate of drug-likeness (QED) is 0.747. The van der Waals surface area contributed by atoms with Gasteiger partial charge in [-0.15, -0.1) is 0 Å². The molecule has 2 heteroatoms. The second-order valence-corrected chi connectivity index (χ2v) is 4.97. The molecule has 0 fully saturated rings. The van der Waals surface area contributed by atoms with E-state index >= 15 is 0 Å². The van der Waals surface area contributed by atoms with Gasteiger partial charge in [-0.05, 0) is 30.5 Å². The van der Waals surface area contributed by atoms with E-state index in [1.807, 2.05) is 24.3 Å². The Morgan fingerprint density at radius 1 is 1.00 bits per heavy atom. The highest BCUT2D eigenvalue weighted by atomic mass is 16.5. The van der Waals surface area contributed by atoms with Gasteiger partial charge in [0.1, 0.15) is 5.75 Å². The summed E-state index contributed by atoms with van der Waals surface area (Å²) in [6, 6.07) is 7.84. The lowest BCUT2D eigenvalue weighted by Crippen LogP contribution is -2.25. The molecule has 0 spiro atoms. The number of rotatable bonds is 8. The van der Waals surface area contributed by atoms with E-state index in [0.29, 0.717) is 0 Å². The Morgan fingerprint density at radius 3 is 1.89 bits per heavy atom. The van der Waals surface area contributed by atoms with E-state index in [0.717, 1.165) is 49.8 Å². The normalized spacial score (nSPS) is 11.6. The molecule has 0 aliphatic heterocycles. The molecule has 0 heterocycles. The second-order valence-electron chi connectivity index (χ2n) is 4.97. The molecule has 1 aromatic carbocycles. The number of unbranched alkanes of at least 4 members (excludes halogenated alkanes) is 2. The van der Waals surface area contributed by atoms with Crippen LogP contribution in [0.15, 0.2) is 24.3 Å². The van der Waals surface area contributed by atoms with Gasteiger partial charge in [0, 0.05) is 0 Å². The molecule has 0 aliphatic carbocycles. The zero-order valence-electron chi connectivity index (χ0n) is 11.9. The molecule has 1 rings (SSSR count). The van der Waals surface area contributed by atoms with Crippen LogP contribution in [0.4, 0.5) is 0 Å². The van der Waals surface area contributed by atoms with E-state index in [2.05, 4.69) is 13.8 Å². The Kier molecular flexibility index (Phi) is 6.20. The van der Waals surface area contributed by atoms with Crippen LogP contribution in [-0.2, 0) is 5.60 Å². The van der Waals surface area contributed by atoms with Gasteiger partial charge in [-0.2, -0.15) is 0 Å². The lowest BCUT2D eigenvalue weighted by molar-refractivity contribution is 0.0141. The average Bonchev–Trinajstić information content (AvgIpc) is 2.43. The molecule has 0 saturated heterocycles. The van der Waals surface area contributed by atoms with E-state index in [4.69, 9.17) is 4.74 Å². The van der Waals surface area contributed by atoms with Crippen molar-refractivity contribution in [1.82, 2.24) is 0 Å². The second kappa shape index (κ2) is 7.42. The number of ether oxygens (including phenoxy) is 1. The largest absolute Gasteiger partial charge is 0.497 e. The number of benzene rings is 1. The molecule has 1 N–H and O–H groups in total. The van der Waals surface area contributed by atoms with Crippen molar-refractivity contribution >= 4 is 0 Å². The van der Waals surface area contributed by atoms with Crippen LogP contribution in [0.1, 0.15) is 57.9 Å². The van der Waals surface area contributed by atoms with E-state index < -0.39 is 5.60 Å². The van der Waals surface area contributed by atoms with Gasteiger partial charge in [0.25, 0.3) is 0 Å². The number of hydrogen-bond donors (Lipinski definition) is 1. The standard InChI is InChI=1S/C16H26O2/c1-4-6-12-16(17,13-7-5-2)14-8-10-15(18-3)11-9-14/h8-11,17H,4-7,12-13H2,1-3H3. The zero-order valence-corrected chi connectivity index (χ0v) is 11.9. The van der Waals surface area contributed by atoms with Crippen LogP contribution in [0.2, 0.25) is 0 Å². The molecule has 102 valence electrons. The fraction of sp³-hybridized carbons (Fsp3) is 0.625. The van der Waals surface area contributed by atoms with Gasteiger partial charge in [-0.1, -0.05) is 51.7 Å². The van der Waals surface area contributed by atoms with Crippen molar-refractivity contribution in [2.24, 2.45) is 0 Å². The topological polar surface area (TPSA) is 29.5 Å². The monoisotopic (exact) mass is 250 g/mol. The van der Waals surface area contributed by atoms with E-state index in [9.17, 15) is 5.11 Å². The summed E-state index contributed by atoms with van der Waals surface area (Å²) in [5.41, 5.74) is 0.350. The van der Waals surface area contributed by atoms with Gasteiger partial charge in [-0.25, -0.2) is 0 Å². The van der Waals surface area contributed by atoms with Crippen LogP contribution < -0.4 is 4.74 Å². The van der Waals surface area contributed by atoms with Crippen LogP contribution in [0.25, 0.3) is 0 Å². The number of methoxy groups -OCH3 is 1. The highest BCUT2D eigenvalue weighted by Crippen LogP contribution is 2.33. The Morgan fingerprint density at radius 2 is 1.50 bits per heavy atom. The lowest BCUT2D eigenvalue weighted by Gasteiger charge is -2.29. The van der Waals surface area contributed by atoms with Gasteiger partial charge in [0.2, 0.25) is 0 Å². The summed E-state index contributed by atoms with van der Waals surface area (Å²) in [5, 5.41) is 10.9.